The molecule has 1 aliphatic carbocycles. The molecule has 0 aromatic carbocycles. The van der Waals surface area contributed by atoms with Crippen LogP contribution in [0.3, 0.4) is 0 Å². The van der Waals surface area contributed by atoms with Crippen LogP contribution >= 0.6 is 0 Å². The van der Waals surface area contributed by atoms with E-state index in [-0.39, 0.29) is 18.1 Å². The molecule has 2 rings (SSSR count). The molecule has 1 heterocycles. The summed E-state index contributed by atoms with van der Waals surface area (Å²) in [7, 11) is 0. The van der Waals surface area contributed by atoms with Crippen molar-refractivity contribution in [1.82, 2.24) is 10.6 Å². The molecular weight excluding hydrogens is 240 g/mol. The molecule has 1 saturated heterocycles. The Labute approximate surface area is 116 Å². The van der Waals surface area contributed by atoms with E-state index in [4.69, 9.17) is 4.74 Å². The van der Waals surface area contributed by atoms with E-state index in [2.05, 4.69) is 10.6 Å². The van der Waals surface area contributed by atoms with Gasteiger partial charge in [0.25, 0.3) is 0 Å². The van der Waals surface area contributed by atoms with Crippen molar-refractivity contribution in [3.8, 4) is 0 Å². The Morgan fingerprint density at radius 1 is 1.26 bits per heavy atom. The van der Waals surface area contributed by atoms with E-state index in [1.807, 2.05) is 6.92 Å². The van der Waals surface area contributed by atoms with Gasteiger partial charge in [0.1, 0.15) is 6.10 Å². The van der Waals surface area contributed by atoms with E-state index in [1.165, 1.54) is 19.3 Å². The maximum absolute atomic E-state index is 12.3. The first kappa shape index (κ1) is 14.8. The Bertz CT molecular complexity index is 271. The lowest BCUT2D eigenvalue weighted by Gasteiger charge is -2.29. The topological polar surface area (TPSA) is 50.4 Å². The lowest BCUT2D eigenvalue weighted by Crippen LogP contribution is -2.49. The summed E-state index contributed by atoms with van der Waals surface area (Å²) in [6.07, 6.45) is 9.08. The predicted molar refractivity (Wildman–Crippen MR) is 76.1 cm³/mol. The zero-order valence-corrected chi connectivity index (χ0v) is 12.1. The largest absolute Gasteiger partial charge is 0.365 e. The summed E-state index contributed by atoms with van der Waals surface area (Å²) >= 11 is 0. The second-order valence-electron chi connectivity index (χ2n) is 5.84. The monoisotopic (exact) mass is 268 g/mol. The second-order valence-corrected chi connectivity index (χ2v) is 5.84. The first-order chi connectivity index (χ1) is 9.29. The van der Waals surface area contributed by atoms with Gasteiger partial charge in [0, 0.05) is 12.6 Å². The molecule has 110 valence electrons. The third-order valence-electron chi connectivity index (χ3n) is 4.22. The van der Waals surface area contributed by atoms with Crippen molar-refractivity contribution in [3.63, 3.8) is 0 Å². The average molecular weight is 268 g/mol. The van der Waals surface area contributed by atoms with E-state index < -0.39 is 0 Å². The van der Waals surface area contributed by atoms with Crippen molar-refractivity contribution >= 4 is 5.91 Å². The van der Waals surface area contributed by atoms with Gasteiger partial charge in [-0.15, -0.1) is 0 Å². The fourth-order valence-corrected chi connectivity index (χ4v) is 3.05. The lowest BCUT2D eigenvalue weighted by atomic mass is 9.97. The third-order valence-corrected chi connectivity index (χ3v) is 4.22. The van der Waals surface area contributed by atoms with Crippen molar-refractivity contribution in [2.24, 2.45) is 0 Å². The van der Waals surface area contributed by atoms with Gasteiger partial charge in [-0.1, -0.05) is 26.2 Å². The molecule has 2 N–H and O–H groups in total. The normalized spacial score (nSPS) is 26.9. The number of hydrogen-bond acceptors (Lipinski definition) is 3. The summed E-state index contributed by atoms with van der Waals surface area (Å²) < 4.78 is 6.01. The van der Waals surface area contributed by atoms with Crippen molar-refractivity contribution < 1.29 is 9.53 Å². The van der Waals surface area contributed by atoms with Crippen LogP contribution in [0.15, 0.2) is 0 Å². The van der Waals surface area contributed by atoms with Crippen LogP contribution in [-0.2, 0) is 9.53 Å². The molecule has 4 nitrogen and oxygen atoms in total. The molecule has 1 amide bonds. The summed E-state index contributed by atoms with van der Waals surface area (Å²) in [5, 5.41) is 6.46. The molecule has 2 atom stereocenters. The molecule has 0 bridgehead atoms. The van der Waals surface area contributed by atoms with Gasteiger partial charge in [0.2, 0.25) is 5.91 Å². The van der Waals surface area contributed by atoms with Gasteiger partial charge in [0.05, 0.1) is 6.10 Å². The van der Waals surface area contributed by atoms with E-state index >= 15 is 0 Å². The van der Waals surface area contributed by atoms with Crippen LogP contribution in [0.2, 0.25) is 0 Å². The number of carbonyl (C=O) groups excluding carboxylic acids is 1. The fourth-order valence-electron chi connectivity index (χ4n) is 3.05. The minimum atomic E-state index is -0.259. The number of nitrogens with one attached hydrogen (secondary N) is 2. The maximum atomic E-state index is 12.3. The molecule has 2 fully saturated rings. The number of hydrogen-bond donors (Lipinski definition) is 2. The molecule has 0 aromatic rings. The van der Waals surface area contributed by atoms with Gasteiger partial charge in [0.15, 0.2) is 0 Å². The molecule has 0 spiro atoms. The van der Waals surface area contributed by atoms with Crippen molar-refractivity contribution in [3.05, 3.63) is 0 Å². The minimum Gasteiger partial charge on any atom is -0.365 e. The van der Waals surface area contributed by atoms with Crippen molar-refractivity contribution in [1.29, 1.82) is 0 Å². The Kier molecular flexibility index (Phi) is 6.11. The SMILES string of the molecule is CCC(OC1CCCCC1)C(=O)N[C@H]1CCCNC1. The van der Waals surface area contributed by atoms with Crippen LogP contribution in [0.4, 0.5) is 0 Å². The maximum Gasteiger partial charge on any atom is 0.249 e. The highest BCUT2D eigenvalue weighted by molar-refractivity contribution is 5.81. The molecule has 1 unspecified atom stereocenters. The summed E-state index contributed by atoms with van der Waals surface area (Å²) in [5.41, 5.74) is 0. The number of carbonyl (C=O) groups is 1. The Balaban J connectivity index is 1.76. The zero-order valence-electron chi connectivity index (χ0n) is 12.1. The Morgan fingerprint density at radius 2 is 2.05 bits per heavy atom. The molecule has 2 aliphatic rings. The summed E-state index contributed by atoms with van der Waals surface area (Å²) in [4.78, 5) is 12.3. The molecule has 1 aliphatic heterocycles. The van der Waals surface area contributed by atoms with Gasteiger partial charge in [-0.25, -0.2) is 0 Å². The number of amides is 1. The number of rotatable bonds is 5. The van der Waals surface area contributed by atoms with Gasteiger partial charge in [-0.05, 0) is 38.6 Å². The smallest absolute Gasteiger partial charge is 0.249 e. The highest BCUT2D eigenvalue weighted by atomic mass is 16.5. The number of ether oxygens (including phenoxy) is 1. The first-order valence-electron chi connectivity index (χ1n) is 7.96. The molecule has 4 heteroatoms. The van der Waals surface area contributed by atoms with Crippen molar-refractivity contribution in [2.75, 3.05) is 13.1 Å². The molecule has 19 heavy (non-hydrogen) atoms. The van der Waals surface area contributed by atoms with Crippen LogP contribution in [-0.4, -0.2) is 37.2 Å². The third kappa shape index (κ3) is 4.77. The Morgan fingerprint density at radius 3 is 2.68 bits per heavy atom. The van der Waals surface area contributed by atoms with Crippen LogP contribution in [0.5, 0.6) is 0 Å². The van der Waals surface area contributed by atoms with Gasteiger partial charge < -0.3 is 15.4 Å². The van der Waals surface area contributed by atoms with Crippen molar-refractivity contribution in [2.45, 2.75) is 76.5 Å². The molecule has 1 saturated carbocycles. The van der Waals surface area contributed by atoms with Crippen LogP contribution in [0.25, 0.3) is 0 Å². The standard InChI is InChI=1S/C15H28N2O2/c1-2-14(19-13-8-4-3-5-9-13)15(18)17-12-7-6-10-16-11-12/h12-14,16H,2-11H2,1H3,(H,17,18)/t12-,14?/m0/s1. The second kappa shape index (κ2) is 7.85. The summed E-state index contributed by atoms with van der Waals surface area (Å²) in [5.74, 6) is 0.0850. The number of piperidine rings is 1. The highest BCUT2D eigenvalue weighted by Crippen LogP contribution is 2.22. The lowest BCUT2D eigenvalue weighted by molar-refractivity contribution is -0.139. The predicted octanol–water partition coefficient (Wildman–Crippen LogP) is 1.98. The van der Waals surface area contributed by atoms with Gasteiger partial charge >= 0.3 is 0 Å². The van der Waals surface area contributed by atoms with E-state index in [0.29, 0.717) is 6.10 Å². The van der Waals surface area contributed by atoms with E-state index in [0.717, 1.165) is 45.2 Å². The zero-order chi connectivity index (χ0) is 13.5. The minimum absolute atomic E-state index is 0.0850. The molecule has 0 radical (unpaired) electrons. The van der Waals surface area contributed by atoms with Gasteiger partial charge in [-0.3, -0.25) is 4.79 Å². The molecular formula is C15H28N2O2. The van der Waals surface area contributed by atoms with Crippen LogP contribution in [0.1, 0.15) is 58.3 Å². The average Bonchev–Trinajstić information content (AvgIpc) is 2.47. The van der Waals surface area contributed by atoms with Crippen LogP contribution in [0, 0.1) is 0 Å². The summed E-state index contributed by atoms with van der Waals surface area (Å²) in [6.45, 7) is 4.00. The Hall–Kier alpha value is -0.610. The highest BCUT2D eigenvalue weighted by Gasteiger charge is 2.25. The summed E-state index contributed by atoms with van der Waals surface area (Å²) in [6, 6.07) is 0.283. The van der Waals surface area contributed by atoms with Gasteiger partial charge in [-0.2, -0.15) is 0 Å². The quantitative estimate of drug-likeness (QED) is 0.801. The molecule has 0 aromatic heterocycles. The van der Waals surface area contributed by atoms with E-state index in [1.54, 1.807) is 0 Å². The van der Waals surface area contributed by atoms with Crippen LogP contribution < -0.4 is 10.6 Å². The fraction of sp³-hybridized carbons (Fsp3) is 0.933. The van der Waals surface area contributed by atoms with E-state index in [9.17, 15) is 4.79 Å². The first-order valence-corrected chi connectivity index (χ1v) is 7.96.